The number of primary sulfonamides is 1. The zero-order chi connectivity index (χ0) is 10.4. The van der Waals surface area contributed by atoms with Crippen LogP contribution < -0.4 is 5.14 Å². The van der Waals surface area contributed by atoms with Gasteiger partial charge in [-0.25, -0.2) is 13.6 Å². The van der Waals surface area contributed by atoms with Gasteiger partial charge < -0.3 is 9.47 Å². The fourth-order valence-electron chi connectivity index (χ4n) is 1.33. The Morgan fingerprint density at radius 1 is 1.43 bits per heavy atom. The Morgan fingerprint density at radius 3 is 2.79 bits per heavy atom. The van der Waals surface area contributed by atoms with Gasteiger partial charge in [-0.2, -0.15) is 0 Å². The van der Waals surface area contributed by atoms with Crippen LogP contribution in [0.2, 0.25) is 0 Å². The van der Waals surface area contributed by atoms with E-state index >= 15 is 0 Å². The van der Waals surface area contributed by atoms with Gasteiger partial charge in [0.05, 0.1) is 25.1 Å². The van der Waals surface area contributed by atoms with Gasteiger partial charge in [-0.05, 0) is 19.3 Å². The van der Waals surface area contributed by atoms with Crippen LogP contribution in [0.5, 0.6) is 0 Å². The number of hydrogen-bond acceptors (Lipinski definition) is 4. The summed E-state index contributed by atoms with van der Waals surface area (Å²) in [6.07, 6.45) is 3.39. The van der Waals surface area contributed by atoms with E-state index in [-0.39, 0.29) is 18.5 Å². The van der Waals surface area contributed by atoms with Crippen molar-refractivity contribution in [1.82, 2.24) is 0 Å². The van der Waals surface area contributed by atoms with E-state index in [0.29, 0.717) is 6.61 Å². The van der Waals surface area contributed by atoms with E-state index in [1.165, 1.54) is 0 Å². The normalized spacial score (nSPS) is 23.6. The van der Waals surface area contributed by atoms with Gasteiger partial charge in [-0.1, -0.05) is 0 Å². The first kappa shape index (κ1) is 11.9. The van der Waals surface area contributed by atoms with Gasteiger partial charge in [-0.3, -0.25) is 0 Å². The molecule has 0 aromatic heterocycles. The van der Waals surface area contributed by atoms with Gasteiger partial charge in [0.25, 0.3) is 0 Å². The zero-order valence-corrected chi connectivity index (χ0v) is 8.96. The number of hydrogen-bond donors (Lipinski definition) is 1. The van der Waals surface area contributed by atoms with Crippen molar-refractivity contribution in [3.8, 4) is 0 Å². The van der Waals surface area contributed by atoms with E-state index in [9.17, 15) is 8.42 Å². The highest BCUT2D eigenvalue weighted by Gasteiger charge is 2.13. The first-order chi connectivity index (χ1) is 6.58. The quantitative estimate of drug-likeness (QED) is 0.658. The molecule has 1 atom stereocenters. The summed E-state index contributed by atoms with van der Waals surface area (Å²) in [7, 11) is -3.39. The summed E-state index contributed by atoms with van der Waals surface area (Å²) in [5.74, 6) is -0.125. The maximum Gasteiger partial charge on any atom is 0.211 e. The Morgan fingerprint density at radius 2 is 2.21 bits per heavy atom. The van der Waals surface area contributed by atoms with Crippen molar-refractivity contribution in [2.24, 2.45) is 5.14 Å². The Kier molecular flexibility index (Phi) is 4.80. The Labute approximate surface area is 84.6 Å². The van der Waals surface area contributed by atoms with Gasteiger partial charge in [0.15, 0.2) is 0 Å². The van der Waals surface area contributed by atoms with Crippen LogP contribution in [0.15, 0.2) is 0 Å². The Bertz CT molecular complexity index is 246. The molecule has 0 aromatic rings. The first-order valence-corrected chi connectivity index (χ1v) is 6.49. The van der Waals surface area contributed by atoms with Gasteiger partial charge in [0, 0.05) is 6.61 Å². The first-order valence-electron chi connectivity index (χ1n) is 4.78. The summed E-state index contributed by atoms with van der Waals surface area (Å²) in [4.78, 5) is 0. The fraction of sp³-hybridized carbons (Fsp3) is 1.00. The van der Waals surface area contributed by atoms with E-state index < -0.39 is 10.0 Å². The summed E-state index contributed by atoms with van der Waals surface area (Å²) in [5, 5.41) is 4.82. The molecule has 2 N–H and O–H groups in total. The SMILES string of the molecule is NS(=O)(=O)CCOCC1CCCCO1. The van der Waals surface area contributed by atoms with Crippen LogP contribution in [0.1, 0.15) is 19.3 Å². The summed E-state index contributed by atoms with van der Waals surface area (Å²) in [6.45, 7) is 1.40. The summed E-state index contributed by atoms with van der Waals surface area (Å²) < 4.78 is 31.7. The lowest BCUT2D eigenvalue weighted by Gasteiger charge is -2.22. The minimum Gasteiger partial charge on any atom is -0.378 e. The third-order valence-corrected chi connectivity index (χ3v) is 2.83. The molecule has 1 aliphatic heterocycles. The third kappa shape index (κ3) is 5.54. The Balaban J connectivity index is 2.03. The second-order valence-corrected chi connectivity index (χ2v) is 5.16. The highest BCUT2D eigenvalue weighted by atomic mass is 32.2. The van der Waals surface area contributed by atoms with Crippen LogP contribution >= 0.6 is 0 Å². The highest BCUT2D eigenvalue weighted by Crippen LogP contribution is 2.12. The Hall–Kier alpha value is -0.170. The standard InChI is InChI=1S/C8H17NO4S/c9-14(10,11)6-5-12-7-8-3-1-2-4-13-8/h8H,1-7H2,(H2,9,10,11). The molecule has 6 heteroatoms. The minimum absolute atomic E-state index is 0.125. The van der Waals surface area contributed by atoms with Crippen molar-refractivity contribution < 1.29 is 17.9 Å². The minimum atomic E-state index is -3.39. The molecule has 5 nitrogen and oxygen atoms in total. The molecule has 1 heterocycles. The van der Waals surface area contributed by atoms with Crippen LogP contribution in [0.4, 0.5) is 0 Å². The predicted octanol–water partition coefficient (Wildman–Crippen LogP) is -0.139. The lowest BCUT2D eigenvalue weighted by Crippen LogP contribution is -2.26. The maximum atomic E-state index is 10.5. The molecule has 84 valence electrons. The largest absolute Gasteiger partial charge is 0.378 e. The van der Waals surface area contributed by atoms with Crippen LogP contribution in [0.3, 0.4) is 0 Å². The van der Waals surface area contributed by atoms with Crippen molar-refractivity contribution in [2.45, 2.75) is 25.4 Å². The smallest absolute Gasteiger partial charge is 0.211 e. The molecule has 1 aliphatic rings. The molecule has 1 rings (SSSR count). The molecular weight excluding hydrogens is 206 g/mol. The molecule has 1 unspecified atom stereocenters. The molecule has 0 aliphatic carbocycles. The zero-order valence-electron chi connectivity index (χ0n) is 8.15. The molecule has 1 saturated heterocycles. The topological polar surface area (TPSA) is 78.6 Å². The fourth-order valence-corrected chi connectivity index (χ4v) is 1.68. The monoisotopic (exact) mass is 223 g/mol. The number of rotatable bonds is 5. The molecule has 0 bridgehead atoms. The lowest BCUT2D eigenvalue weighted by molar-refractivity contribution is -0.0378. The number of nitrogens with two attached hydrogens (primary N) is 1. The third-order valence-electron chi connectivity index (χ3n) is 2.09. The van der Waals surface area contributed by atoms with Crippen LogP contribution in [0, 0.1) is 0 Å². The summed E-state index contributed by atoms with van der Waals surface area (Å²) in [5.41, 5.74) is 0. The van der Waals surface area contributed by atoms with Crippen molar-refractivity contribution in [3.05, 3.63) is 0 Å². The van der Waals surface area contributed by atoms with E-state index in [1.807, 2.05) is 0 Å². The highest BCUT2D eigenvalue weighted by molar-refractivity contribution is 7.89. The van der Waals surface area contributed by atoms with Crippen molar-refractivity contribution in [3.63, 3.8) is 0 Å². The van der Waals surface area contributed by atoms with Crippen molar-refractivity contribution in [2.75, 3.05) is 25.6 Å². The van der Waals surface area contributed by atoms with Crippen LogP contribution in [0.25, 0.3) is 0 Å². The molecular formula is C8H17NO4S. The van der Waals surface area contributed by atoms with Gasteiger partial charge in [-0.15, -0.1) is 0 Å². The molecule has 0 spiro atoms. The molecule has 0 saturated carbocycles. The van der Waals surface area contributed by atoms with Crippen LogP contribution in [-0.4, -0.2) is 40.1 Å². The summed E-state index contributed by atoms with van der Waals surface area (Å²) in [6, 6.07) is 0. The van der Waals surface area contributed by atoms with E-state index in [1.54, 1.807) is 0 Å². The average molecular weight is 223 g/mol. The second-order valence-electron chi connectivity index (χ2n) is 3.43. The van der Waals surface area contributed by atoms with Gasteiger partial charge in [0.1, 0.15) is 0 Å². The molecule has 0 amide bonds. The number of ether oxygens (including phenoxy) is 2. The van der Waals surface area contributed by atoms with E-state index in [4.69, 9.17) is 14.6 Å². The molecule has 0 radical (unpaired) electrons. The van der Waals surface area contributed by atoms with Gasteiger partial charge in [0.2, 0.25) is 10.0 Å². The van der Waals surface area contributed by atoms with E-state index in [2.05, 4.69) is 0 Å². The second kappa shape index (κ2) is 5.65. The molecule has 1 fully saturated rings. The predicted molar refractivity (Wildman–Crippen MR) is 52.4 cm³/mol. The molecule has 14 heavy (non-hydrogen) atoms. The maximum absolute atomic E-state index is 10.5. The van der Waals surface area contributed by atoms with Crippen LogP contribution in [-0.2, 0) is 19.5 Å². The van der Waals surface area contributed by atoms with Gasteiger partial charge >= 0.3 is 0 Å². The number of sulfonamides is 1. The molecule has 0 aromatic carbocycles. The van der Waals surface area contributed by atoms with E-state index in [0.717, 1.165) is 25.9 Å². The average Bonchev–Trinajstić information content (AvgIpc) is 2.13. The summed E-state index contributed by atoms with van der Waals surface area (Å²) >= 11 is 0. The lowest BCUT2D eigenvalue weighted by atomic mass is 10.1. The van der Waals surface area contributed by atoms with Crippen molar-refractivity contribution in [1.29, 1.82) is 0 Å². The van der Waals surface area contributed by atoms with Crippen molar-refractivity contribution >= 4 is 10.0 Å².